The molecular formula is C36H28N12. The summed E-state index contributed by atoms with van der Waals surface area (Å²) in [6.07, 6.45) is 29.5. The standard InChI is InChI=1S/C36H28N12/c1-33(37-13-14-38-33)29-21-5-7-23(45-21)30(34(2)39-15-16-40-34)25-9-11-27(47-25)32(36(4)43-19-20-44-36)28-12-10-26(48-28)31(24-8-6-22(29)46-24)35(3)41-17-18-42-35/h5-20H,1-4H3. The number of hydrogen-bond acceptors (Lipinski definition) is 12. The lowest BCUT2D eigenvalue weighted by Crippen LogP contribution is -2.28. The predicted octanol–water partition coefficient (Wildman–Crippen LogP) is 4.55. The largest absolute Gasteiger partial charge is 0.257 e. The molecule has 0 amide bonds. The number of allylic oxidation sites excluding steroid dienone is 8. The zero-order chi connectivity index (χ0) is 32.7. The van der Waals surface area contributed by atoms with Crippen molar-refractivity contribution in [1.82, 2.24) is 0 Å². The second-order valence-corrected chi connectivity index (χ2v) is 12.7. The predicted molar refractivity (Wildman–Crippen MR) is 196 cm³/mol. The van der Waals surface area contributed by atoms with Gasteiger partial charge in [0.1, 0.15) is 0 Å². The highest BCUT2D eigenvalue weighted by atomic mass is 15.1. The van der Waals surface area contributed by atoms with Crippen molar-refractivity contribution in [3.8, 4) is 0 Å². The topological polar surface area (TPSA) is 148 Å². The van der Waals surface area contributed by atoms with Crippen LogP contribution in [0.5, 0.6) is 0 Å². The molecule has 0 atom stereocenters. The van der Waals surface area contributed by atoms with Gasteiger partial charge in [-0.3, -0.25) is 39.9 Å². The van der Waals surface area contributed by atoms with Gasteiger partial charge in [-0.25, -0.2) is 20.0 Å². The molecule has 0 aromatic rings. The lowest BCUT2D eigenvalue weighted by atomic mass is 9.95. The van der Waals surface area contributed by atoms with E-state index < -0.39 is 22.7 Å². The van der Waals surface area contributed by atoms with Crippen LogP contribution >= 0.6 is 0 Å². The molecule has 12 nitrogen and oxygen atoms in total. The molecule has 9 heterocycles. The molecule has 0 saturated carbocycles. The number of rotatable bonds is 4. The van der Waals surface area contributed by atoms with Crippen molar-refractivity contribution in [2.75, 3.05) is 0 Å². The second-order valence-electron chi connectivity index (χ2n) is 12.7. The highest BCUT2D eigenvalue weighted by molar-refractivity contribution is 6.25. The van der Waals surface area contributed by atoms with Crippen LogP contribution in [0.2, 0.25) is 0 Å². The molecule has 8 bridgehead atoms. The van der Waals surface area contributed by atoms with E-state index in [-0.39, 0.29) is 0 Å². The molecule has 0 aromatic carbocycles. The third-order valence-corrected chi connectivity index (χ3v) is 9.38. The summed E-state index contributed by atoms with van der Waals surface area (Å²) in [6.45, 7) is 7.83. The van der Waals surface area contributed by atoms with Gasteiger partial charge in [0.2, 0.25) is 0 Å². The molecule has 0 N–H and O–H groups in total. The maximum Gasteiger partial charge on any atom is 0.177 e. The van der Waals surface area contributed by atoms with E-state index in [1.165, 1.54) is 0 Å². The van der Waals surface area contributed by atoms with Crippen LogP contribution in [-0.2, 0) is 0 Å². The molecular weight excluding hydrogens is 600 g/mol. The lowest BCUT2D eigenvalue weighted by Gasteiger charge is -2.24. The third-order valence-electron chi connectivity index (χ3n) is 9.38. The second kappa shape index (κ2) is 9.74. The Bertz CT molecular complexity index is 1900. The van der Waals surface area contributed by atoms with Crippen LogP contribution in [0.1, 0.15) is 27.7 Å². The van der Waals surface area contributed by atoms with E-state index in [0.29, 0.717) is 45.6 Å². The van der Waals surface area contributed by atoms with E-state index in [4.69, 9.17) is 59.9 Å². The Kier molecular flexibility index (Phi) is 5.72. The smallest absolute Gasteiger partial charge is 0.177 e. The first kappa shape index (κ1) is 28.2. The fourth-order valence-corrected chi connectivity index (χ4v) is 7.11. The van der Waals surface area contributed by atoms with Gasteiger partial charge >= 0.3 is 0 Å². The quantitative estimate of drug-likeness (QED) is 0.430. The number of hydrogen-bond donors (Lipinski definition) is 0. The van der Waals surface area contributed by atoms with Gasteiger partial charge in [0.15, 0.2) is 22.7 Å². The number of nitrogens with zero attached hydrogens (tertiary/aromatic N) is 12. The summed E-state index contributed by atoms with van der Waals surface area (Å²) in [5.41, 5.74) is 4.77. The lowest BCUT2D eigenvalue weighted by molar-refractivity contribution is 0.614. The van der Waals surface area contributed by atoms with Crippen LogP contribution < -0.4 is 0 Å². The van der Waals surface area contributed by atoms with E-state index >= 15 is 0 Å². The third kappa shape index (κ3) is 4.08. The molecule has 12 heteroatoms. The molecule has 9 aliphatic heterocycles. The van der Waals surface area contributed by atoms with Crippen LogP contribution in [0.3, 0.4) is 0 Å². The van der Waals surface area contributed by atoms with Crippen molar-refractivity contribution in [3.05, 3.63) is 93.7 Å². The van der Waals surface area contributed by atoms with E-state index in [9.17, 15) is 0 Å². The first-order valence-electron chi connectivity index (χ1n) is 15.6. The summed E-state index contributed by atoms with van der Waals surface area (Å²) in [4.78, 5) is 58.9. The minimum atomic E-state index is -0.941. The Balaban J connectivity index is 1.38. The van der Waals surface area contributed by atoms with Gasteiger partial charge in [-0.15, -0.1) is 0 Å². The van der Waals surface area contributed by atoms with Gasteiger partial charge < -0.3 is 0 Å². The summed E-state index contributed by atoms with van der Waals surface area (Å²) in [7, 11) is 0. The van der Waals surface area contributed by atoms with Crippen molar-refractivity contribution < 1.29 is 0 Å². The average Bonchev–Trinajstić information content (AvgIpc) is 3.87. The highest BCUT2D eigenvalue weighted by Gasteiger charge is 2.42. The Hall–Kier alpha value is -6.04. The monoisotopic (exact) mass is 628 g/mol. The van der Waals surface area contributed by atoms with Crippen molar-refractivity contribution in [3.63, 3.8) is 0 Å². The van der Waals surface area contributed by atoms with Gasteiger partial charge in [-0.05, 0) is 76.3 Å². The highest BCUT2D eigenvalue weighted by Crippen LogP contribution is 2.42. The Morgan fingerprint density at radius 1 is 0.292 bits per heavy atom. The summed E-state index contributed by atoms with van der Waals surface area (Å²) in [5.74, 6) is 0. The molecule has 0 radical (unpaired) electrons. The first-order chi connectivity index (χ1) is 23.2. The number of fused-ring (bicyclic) bond motifs is 4. The van der Waals surface area contributed by atoms with Crippen LogP contribution in [-0.4, -0.2) is 95.2 Å². The van der Waals surface area contributed by atoms with Crippen LogP contribution in [0.4, 0.5) is 0 Å². The Morgan fingerprint density at radius 2 is 0.479 bits per heavy atom. The summed E-state index contributed by atoms with van der Waals surface area (Å²) < 4.78 is 0. The zero-order valence-electron chi connectivity index (χ0n) is 26.6. The van der Waals surface area contributed by atoms with E-state index in [1.54, 1.807) is 49.7 Å². The molecule has 0 fully saturated rings. The van der Waals surface area contributed by atoms with E-state index in [2.05, 4.69) is 0 Å². The SMILES string of the molecule is CC1(C2=C3C=CC(=N3)C(C3(C)N=CC=N3)=C3C=CC(=N3)C(C3(C)N=CC=N3)=C3C=CC(=N3)C(C3(C)N=CC=N3)=C3C=CC2=N3)N=CC=N1. The Labute approximate surface area is 276 Å². The molecule has 0 aliphatic carbocycles. The van der Waals surface area contributed by atoms with Crippen molar-refractivity contribution >= 4 is 72.6 Å². The van der Waals surface area contributed by atoms with Gasteiger partial charge in [0.05, 0.1) is 67.9 Å². The van der Waals surface area contributed by atoms with Gasteiger partial charge in [0, 0.05) is 49.7 Å². The molecule has 48 heavy (non-hydrogen) atoms. The average molecular weight is 629 g/mol. The molecule has 0 aromatic heterocycles. The molecule has 9 aliphatic rings. The Morgan fingerprint density at radius 3 is 0.667 bits per heavy atom. The van der Waals surface area contributed by atoms with Gasteiger partial charge in [0.25, 0.3) is 0 Å². The molecule has 0 saturated heterocycles. The first-order valence-corrected chi connectivity index (χ1v) is 15.6. The van der Waals surface area contributed by atoms with Crippen molar-refractivity contribution in [2.24, 2.45) is 59.9 Å². The number of aliphatic imine (C=N–C) groups is 12. The summed E-state index contributed by atoms with van der Waals surface area (Å²) in [6, 6.07) is 0. The minimum Gasteiger partial charge on any atom is -0.257 e. The van der Waals surface area contributed by atoms with Crippen LogP contribution in [0, 0.1) is 0 Å². The van der Waals surface area contributed by atoms with Crippen molar-refractivity contribution in [2.45, 2.75) is 50.3 Å². The van der Waals surface area contributed by atoms with Crippen molar-refractivity contribution in [1.29, 1.82) is 0 Å². The molecule has 9 rings (SSSR count). The zero-order valence-corrected chi connectivity index (χ0v) is 26.6. The van der Waals surface area contributed by atoms with Gasteiger partial charge in [-0.2, -0.15) is 0 Å². The summed E-state index contributed by atoms with van der Waals surface area (Å²) >= 11 is 0. The van der Waals surface area contributed by atoms with Crippen LogP contribution in [0.15, 0.2) is 154 Å². The minimum absolute atomic E-state index is 0.687. The van der Waals surface area contributed by atoms with E-state index in [0.717, 1.165) is 22.3 Å². The fraction of sp³-hybridized carbons (Fsp3) is 0.222. The maximum atomic E-state index is 5.21. The molecule has 232 valence electrons. The fourth-order valence-electron chi connectivity index (χ4n) is 7.11. The van der Waals surface area contributed by atoms with Crippen LogP contribution in [0.25, 0.3) is 0 Å². The molecule has 0 spiro atoms. The summed E-state index contributed by atoms with van der Waals surface area (Å²) in [5, 5.41) is 0. The maximum absolute atomic E-state index is 5.21. The van der Waals surface area contributed by atoms with Gasteiger partial charge in [-0.1, -0.05) is 0 Å². The molecule has 0 unspecified atom stereocenters. The van der Waals surface area contributed by atoms with E-state index in [1.807, 2.05) is 76.3 Å². The normalized spacial score (nSPS) is 26.6.